The second-order valence-electron chi connectivity index (χ2n) is 3.17. The number of sulfonamides is 1. The highest BCUT2D eigenvalue weighted by molar-refractivity contribution is 7.89. The lowest BCUT2D eigenvalue weighted by Crippen LogP contribution is -2.34. The molecule has 1 heterocycles. The minimum Gasteiger partial charge on any atom is -0.260 e. The molecule has 0 spiro atoms. The highest BCUT2D eigenvalue weighted by Gasteiger charge is 2.23. The van der Waals surface area contributed by atoms with Crippen molar-refractivity contribution in [3.8, 4) is 0 Å². The number of rotatable bonds is 3. The summed E-state index contributed by atoms with van der Waals surface area (Å²) in [6.07, 6.45) is 2.07. The molecule has 0 aromatic carbocycles. The van der Waals surface area contributed by atoms with E-state index in [-0.39, 0.29) is 5.75 Å². The SMILES string of the molecule is C=CCS(=O)(=O)N1CCCS(=O)CC1. The molecule has 82 valence electrons. The molecule has 1 fully saturated rings. The van der Waals surface area contributed by atoms with Crippen molar-refractivity contribution in [1.82, 2.24) is 4.31 Å². The van der Waals surface area contributed by atoms with E-state index < -0.39 is 20.8 Å². The van der Waals surface area contributed by atoms with Crippen molar-refractivity contribution in [3.05, 3.63) is 12.7 Å². The summed E-state index contributed by atoms with van der Waals surface area (Å²) in [5.41, 5.74) is 0. The predicted octanol–water partition coefficient (Wildman–Crippen LogP) is -0.0434. The van der Waals surface area contributed by atoms with Gasteiger partial charge in [-0.2, -0.15) is 0 Å². The van der Waals surface area contributed by atoms with Crippen LogP contribution in [0.15, 0.2) is 12.7 Å². The highest BCUT2D eigenvalue weighted by atomic mass is 32.2. The molecule has 6 heteroatoms. The Hall–Kier alpha value is -0.200. The first-order chi connectivity index (χ1) is 6.56. The summed E-state index contributed by atoms with van der Waals surface area (Å²) in [5, 5.41) is 0. The van der Waals surface area contributed by atoms with Gasteiger partial charge in [0.2, 0.25) is 10.0 Å². The minimum atomic E-state index is -3.20. The van der Waals surface area contributed by atoms with Crippen molar-refractivity contribution in [1.29, 1.82) is 0 Å². The number of hydrogen-bond donors (Lipinski definition) is 0. The van der Waals surface area contributed by atoms with Gasteiger partial charge < -0.3 is 0 Å². The normalized spacial score (nSPS) is 25.6. The van der Waals surface area contributed by atoms with Gasteiger partial charge in [0.1, 0.15) is 0 Å². The van der Waals surface area contributed by atoms with Gasteiger partial charge in [0, 0.05) is 35.4 Å². The molecular weight excluding hydrogens is 222 g/mol. The smallest absolute Gasteiger partial charge is 0.217 e. The largest absolute Gasteiger partial charge is 0.260 e. The monoisotopic (exact) mass is 237 g/mol. The van der Waals surface area contributed by atoms with Crippen LogP contribution in [-0.4, -0.2) is 47.3 Å². The van der Waals surface area contributed by atoms with Crippen molar-refractivity contribution >= 4 is 20.8 Å². The Morgan fingerprint density at radius 2 is 2.07 bits per heavy atom. The standard InChI is InChI=1S/C8H15NO3S2/c1-2-8-14(11,12)9-4-3-6-13(10)7-5-9/h2H,1,3-8H2. The van der Waals surface area contributed by atoms with Gasteiger partial charge in [-0.25, -0.2) is 12.7 Å². The summed E-state index contributed by atoms with van der Waals surface area (Å²) in [7, 11) is -4.05. The van der Waals surface area contributed by atoms with E-state index in [4.69, 9.17) is 0 Å². The molecule has 1 unspecified atom stereocenters. The molecule has 0 saturated carbocycles. The summed E-state index contributed by atoms with van der Waals surface area (Å²) in [5.74, 6) is 1.04. The van der Waals surface area contributed by atoms with Crippen LogP contribution in [0, 0.1) is 0 Å². The second-order valence-corrected chi connectivity index (χ2v) is 6.88. The van der Waals surface area contributed by atoms with Crippen LogP contribution in [0.25, 0.3) is 0 Å². The Morgan fingerprint density at radius 1 is 1.36 bits per heavy atom. The van der Waals surface area contributed by atoms with E-state index in [1.54, 1.807) is 0 Å². The van der Waals surface area contributed by atoms with Crippen LogP contribution < -0.4 is 0 Å². The number of hydrogen-bond acceptors (Lipinski definition) is 3. The topological polar surface area (TPSA) is 54.5 Å². The van der Waals surface area contributed by atoms with Gasteiger partial charge in [0.05, 0.1) is 5.75 Å². The summed E-state index contributed by atoms with van der Waals surface area (Å²) >= 11 is 0. The minimum absolute atomic E-state index is 0.0281. The van der Waals surface area contributed by atoms with E-state index in [0.717, 1.165) is 0 Å². The molecule has 1 atom stereocenters. The van der Waals surface area contributed by atoms with E-state index in [1.807, 2.05) is 0 Å². The molecule has 1 aliphatic heterocycles. The van der Waals surface area contributed by atoms with Gasteiger partial charge in [0.25, 0.3) is 0 Å². The molecule has 1 aliphatic rings. The van der Waals surface area contributed by atoms with E-state index in [9.17, 15) is 12.6 Å². The molecule has 0 aromatic rings. The third-order valence-corrected chi connectivity index (χ3v) is 5.26. The van der Waals surface area contributed by atoms with Crippen LogP contribution in [0.5, 0.6) is 0 Å². The molecule has 0 amide bonds. The molecule has 4 nitrogen and oxygen atoms in total. The average Bonchev–Trinajstić information content (AvgIpc) is 2.30. The summed E-state index contributed by atoms with van der Waals surface area (Å²) in [4.78, 5) is 0. The summed E-state index contributed by atoms with van der Waals surface area (Å²) in [6.45, 7) is 4.28. The molecule has 0 radical (unpaired) electrons. The van der Waals surface area contributed by atoms with Gasteiger partial charge in [-0.1, -0.05) is 6.08 Å². The first-order valence-electron chi connectivity index (χ1n) is 4.50. The third kappa shape index (κ3) is 3.18. The van der Waals surface area contributed by atoms with E-state index in [2.05, 4.69) is 6.58 Å². The van der Waals surface area contributed by atoms with Crippen LogP contribution in [0.1, 0.15) is 6.42 Å². The Kier molecular flexibility index (Phi) is 4.28. The quantitative estimate of drug-likeness (QED) is 0.647. The lowest BCUT2D eigenvalue weighted by Gasteiger charge is -2.17. The maximum absolute atomic E-state index is 11.6. The molecule has 0 aromatic heterocycles. The maximum Gasteiger partial charge on any atom is 0.217 e. The third-order valence-electron chi connectivity index (χ3n) is 2.07. The van der Waals surface area contributed by atoms with Gasteiger partial charge in [-0.3, -0.25) is 4.21 Å². The molecule has 0 aliphatic carbocycles. The lowest BCUT2D eigenvalue weighted by atomic mass is 10.5. The number of nitrogens with zero attached hydrogens (tertiary/aromatic N) is 1. The van der Waals surface area contributed by atoms with Gasteiger partial charge in [-0.15, -0.1) is 6.58 Å². The Balaban J connectivity index is 2.68. The van der Waals surface area contributed by atoms with Crippen molar-refractivity contribution in [2.45, 2.75) is 6.42 Å². The fourth-order valence-electron chi connectivity index (χ4n) is 1.35. The average molecular weight is 237 g/mol. The molecule has 1 saturated heterocycles. The second kappa shape index (κ2) is 5.04. The van der Waals surface area contributed by atoms with Crippen molar-refractivity contribution in [2.75, 3.05) is 30.3 Å². The van der Waals surface area contributed by atoms with E-state index >= 15 is 0 Å². The maximum atomic E-state index is 11.6. The van der Waals surface area contributed by atoms with Gasteiger partial charge in [-0.05, 0) is 6.42 Å². The fourth-order valence-corrected chi connectivity index (χ4v) is 3.83. The Labute approximate surface area is 87.5 Å². The fraction of sp³-hybridized carbons (Fsp3) is 0.750. The van der Waals surface area contributed by atoms with Gasteiger partial charge in [0.15, 0.2) is 0 Å². The first kappa shape index (κ1) is 11.9. The highest BCUT2D eigenvalue weighted by Crippen LogP contribution is 2.08. The Bertz CT molecular complexity index is 323. The van der Waals surface area contributed by atoms with Crippen LogP contribution in [0.2, 0.25) is 0 Å². The lowest BCUT2D eigenvalue weighted by molar-refractivity contribution is 0.437. The molecule has 1 rings (SSSR count). The zero-order valence-electron chi connectivity index (χ0n) is 8.02. The van der Waals surface area contributed by atoms with Gasteiger partial charge >= 0.3 is 0 Å². The van der Waals surface area contributed by atoms with E-state index in [0.29, 0.717) is 31.0 Å². The molecule has 14 heavy (non-hydrogen) atoms. The van der Waals surface area contributed by atoms with Crippen molar-refractivity contribution in [3.63, 3.8) is 0 Å². The van der Waals surface area contributed by atoms with E-state index in [1.165, 1.54) is 10.4 Å². The molecular formula is C8H15NO3S2. The zero-order valence-corrected chi connectivity index (χ0v) is 9.65. The van der Waals surface area contributed by atoms with Crippen LogP contribution in [0.4, 0.5) is 0 Å². The van der Waals surface area contributed by atoms with Crippen LogP contribution >= 0.6 is 0 Å². The summed E-state index contributed by atoms with van der Waals surface area (Å²) in [6, 6.07) is 0. The predicted molar refractivity (Wildman–Crippen MR) is 58.1 cm³/mol. The molecule has 0 bridgehead atoms. The van der Waals surface area contributed by atoms with Crippen LogP contribution in [0.3, 0.4) is 0 Å². The first-order valence-corrected chi connectivity index (χ1v) is 7.59. The van der Waals surface area contributed by atoms with Crippen LogP contribution in [-0.2, 0) is 20.8 Å². The summed E-state index contributed by atoms with van der Waals surface area (Å²) < 4.78 is 35.8. The van der Waals surface area contributed by atoms with Crippen molar-refractivity contribution in [2.24, 2.45) is 0 Å². The molecule has 0 N–H and O–H groups in total. The zero-order chi connectivity index (χ0) is 10.6. The Morgan fingerprint density at radius 3 is 2.71 bits per heavy atom. The van der Waals surface area contributed by atoms with Crippen molar-refractivity contribution < 1.29 is 12.6 Å².